The van der Waals surface area contributed by atoms with E-state index in [9.17, 15) is 9.59 Å². The molecule has 5 N–H and O–H groups in total. The Labute approximate surface area is 140 Å². The highest BCUT2D eigenvalue weighted by atomic mass is 32.2. The van der Waals surface area contributed by atoms with Gasteiger partial charge in [0.25, 0.3) is 0 Å². The lowest BCUT2D eigenvalue weighted by Crippen LogP contribution is -2.36. The van der Waals surface area contributed by atoms with Crippen molar-refractivity contribution >= 4 is 23.7 Å². The molecule has 0 fully saturated rings. The van der Waals surface area contributed by atoms with Gasteiger partial charge in [-0.3, -0.25) is 9.59 Å². The van der Waals surface area contributed by atoms with Crippen molar-refractivity contribution in [3.05, 3.63) is 30.3 Å². The SMILES string of the molecule is NCCC(C[C@H](N)C(=O)O)OC(=O)CCCSc1ccccc1. The van der Waals surface area contributed by atoms with Crippen LogP contribution in [-0.2, 0) is 14.3 Å². The highest BCUT2D eigenvalue weighted by Gasteiger charge is 2.21. The summed E-state index contributed by atoms with van der Waals surface area (Å²) in [6, 6.07) is 8.90. The normalized spacial score (nSPS) is 13.3. The van der Waals surface area contributed by atoms with Gasteiger partial charge in [-0.1, -0.05) is 18.2 Å². The fourth-order valence-corrected chi connectivity index (χ4v) is 2.84. The molecule has 0 saturated heterocycles. The molecule has 1 aromatic rings. The van der Waals surface area contributed by atoms with E-state index in [4.69, 9.17) is 21.3 Å². The zero-order valence-corrected chi connectivity index (χ0v) is 13.8. The third-order valence-electron chi connectivity index (χ3n) is 3.16. The smallest absolute Gasteiger partial charge is 0.320 e. The van der Waals surface area contributed by atoms with Crippen molar-refractivity contribution < 1.29 is 19.4 Å². The Morgan fingerprint density at radius 3 is 2.57 bits per heavy atom. The van der Waals surface area contributed by atoms with E-state index >= 15 is 0 Å². The van der Waals surface area contributed by atoms with Gasteiger partial charge < -0.3 is 21.3 Å². The van der Waals surface area contributed by atoms with E-state index in [2.05, 4.69) is 0 Å². The Bertz CT molecular complexity index is 484. The monoisotopic (exact) mass is 340 g/mol. The molecule has 0 aliphatic rings. The molecule has 1 unspecified atom stereocenters. The fraction of sp³-hybridized carbons (Fsp3) is 0.500. The second kappa shape index (κ2) is 11.0. The first-order valence-electron chi connectivity index (χ1n) is 7.58. The van der Waals surface area contributed by atoms with Gasteiger partial charge in [0, 0.05) is 17.7 Å². The van der Waals surface area contributed by atoms with E-state index in [-0.39, 0.29) is 12.4 Å². The number of rotatable bonds is 11. The maximum Gasteiger partial charge on any atom is 0.320 e. The van der Waals surface area contributed by atoms with Gasteiger partial charge in [0.15, 0.2) is 0 Å². The van der Waals surface area contributed by atoms with Crippen LogP contribution < -0.4 is 11.5 Å². The maximum absolute atomic E-state index is 11.8. The molecule has 2 atom stereocenters. The van der Waals surface area contributed by atoms with Crippen molar-refractivity contribution in [2.45, 2.75) is 42.7 Å². The zero-order chi connectivity index (χ0) is 17.1. The number of carbonyl (C=O) groups is 2. The molecule has 0 bridgehead atoms. The van der Waals surface area contributed by atoms with Crippen LogP contribution in [0.1, 0.15) is 25.7 Å². The van der Waals surface area contributed by atoms with Gasteiger partial charge in [-0.15, -0.1) is 11.8 Å². The standard InChI is InChI=1S/C16H24N2O4S/c17-9-8-12(11-14(18)16(20)21)22-15(19)7-4-10-23-13-5-2-1-3-6-13/h1-3,5-6,12,14H,4,7-11,17-18H2,(H,20,21)/t12?,14-/m0/s1. The number of esters is 1. The van der Waals surface area contributed by atoms with Crippen LogP contribution in [0.4, 0.5) is 0 Å². The van der Waals surface area contributed by atoms with Gasteiger partial charge in [0.2, 0.25) is 0 Å². The van der Waals surface area contributed by atoms with Gasteiger partial charge in [0.05, 0.1) is 0 Å². The van der Waals surface area contributed by atoms with Gasteiger partial charge in [-0.05, 0) is 37.3 Å². The van der Waals surface area contributed by atoms with Gasteiger partial charge in [-0.25, -0.2) is 0 Å². The van der Waals surface area contributed by atoms with Gasteiger partial charge in [0.1, 0.15) is 12.1 Å². The average molecular weight is 340 g/mol. The zero-order valence-electron chi connectivity index (χ0n) is 13.0. The summed E-state index contributed by atoms with van der Waals surface area (Å²) in [5.74, 6) is -0.632. The first-order valence-corrected chi connectivity index (χ1v) is 8.57. The Hall–Kier alpha value is -1.57. The number of carbonyl (C=O) groups excluding carboxylic acids is 1. The highest BCUT2D eigenvalue weighted by molar-refractivity contribution is 7.99. The summed E-state index contributed by atoms with van der Waals surface area (Å²) in [5, 5.41) is 8.82. The molecule has 7 heteroatoms. The first kappa shape index (κ1) is 19.5. The first-order chi connectivity index (χ1) is 11.0. The van der Waals surface area contributed by atoms with Crippen LogP contribution in [0.2, 0.25) is 0 Å². The summed E-state index contributed by atoms with van der Waals surface area (Å²) < 4.78 is 5.29. The Balaban J connectivity index is 2.27. The molecule has 0 saturated carbocycles. The molecule has 0 radical (unpaired) electrons. The lowest BCUT2D eigenvalue weighted by atomic mass is 10.1. The third kappa shape index (κ3) is 8.59. The Morgan fingerprint density at radius 1 is 1.26 bits per heavy atom. The third-order valence-corrected chi connectivity index (χ3v) is 4.26. The van der Waals surface area contributed by atoms with Crippen LogP contribution in [0, 0.1) is 0 Å². The molecular weight excluding hydrogens is 316 g/mol. The van der Waals surface area contributed by atoms with Crippen molar-refractivity contribution in [3.8, 4) is 0 Å². The molecule has 1 rings (SSSR count). The van der Waals surface area contributed by atoms with Crippen LogP contribution in [-0.4, -0.2) is 41.5 Å². The number of ether oxygens (including phenoxy) is 1. The molecule has 0 heterocycles. The minimum Gasteiger partial charge on any atom is -0.480 e. The number of carboxylic acids is 1. The maximum atomic E-state index is 11.8. The predicted octanol–water partition coefficient (Wildman–Crippen LogP) is 1.62. The molecule has 0 aliphatic heterocycles. The number of aliphatic carboxylic acids is 1. The van der Waals surface area contributed by atoms with Crippen LogP contribution in [0.3, 0.4) is 0 Å². The molecule has 0 aliphatic carbocycles. The van der Waals surface area contributed by atoms with Crippen molar-refractivity contribution in [1.29, 1.82) is 0 Å². The number of hydrogen-bond donors (Lipinski definition) is 3. The Kier molecular flexibility index (Phi) is 9.35. The summed E-state index contributed by atoms with van der Waals surface area (Å²) in [6.45, 7) is 0.314. The molecule has 128 valence electrons. The van der Waals surface area contributed by atoms with Crippen LogP contribution in [0.5, 0.6) is 0 Å². The fourth-order valence-electron chi connectivity index (χ4n) is 1.96. The van der Waals surface area contributed by atoms with E-state index < -0.39 is 18.1 Å². The van der Waals surface area contributed by atoms with E-state index in [0.717, 1.165) is 10.6 Å². The van der Waals surface area contributed by atoms with Crippen molar-refractivity contribution in [3.63, 3.8) is 0 Å². The highest BCUT2D eigenvalue weighted by Crippen LogP contribution is 2.18. The van der Waals surface area contributed by atoms with Crippen LogP contribution in [0.15, 0.2) is 35.2 Å². The van der Waals surface area contributed by atoms with E-state index in [1.807, 2.05) is 30.3 Å². The van der Waals surface area contributed by atoms with E-state index in [1.165, 1.54) is 0 Å². The molecule has 6 nitrogen and oxygen atoms in total. The van der Waals surface area contributed by atoms with Gasteiger partial charge >= 0.3 is 11.9 Å². The molecule has 1 aromatic carbocycles. The van der Waals surface area contributed by atoms with Crippen molar-refractivity contribution in [1.82, 2.24) is 0 Å². The number of hydrogen-bond acceptors (Lipinski definition) is 6. The second-order valence-electron chi connectivity index (χ2n) is 5.13. The quantitative estimate of drug-likeness (QED) is 0.318. The number of benzene rings is 1. The summed E-state index contributed by atoms with van der Waals surface area (Å²) in [6.07, 6.45) is 0.935. The lowest BCUT2D eigenvalue weighted by molar-refractivity contribution is -0.151. The topological polar surface area (TPSA) is 116 Å². The predicted molar refractivity (Wildman–Crippen MR) is 90.2 cm³/mol. The Morgan fingerprint density at radius 2 is 1.96 bits per heavy atom. The second-order valence-corrected chi connectivity index (χ2v) is 6.30. The summed E-state index contributed by atoms with van der Waals surface area (Å²) in [7, 11) is 0. The summed E-state index contributed by atoms with van der Waals surface area (Å²) in [4.78, 5) is 23.8. The van der Waals surface area contributed by atoms with E-state index in [0.29, 0.717) is 25.8 Å². The molecule has 0 aromatic heterocycles. The minimum absolute atomic E-state index is 0.0804. The number of thioether (sulfide) groups is 1. The summed E-state index contributed by atoms with van der Waals surface area (Å²) >= 11 is 1.68. The molecule has 23 heavy (non-hydrogen) atoms. The summed E-state index contributed by atoms with van der Waals surface area (Å²) in [5.41, 5.74) is 10.9. The van der Waals surface area contributed by atoms with Crippen LogP contribution >= 0.6 is 11.8 Å². The van der Waals surface area contributed by atoms with E-state index in [1.54, 1.807) is 11.8 Å². The molecular formula is C16H24N2O4S. The number of nitrogens with two attached hydrogens (primary N) is 2. The van der Waals surface area contributed by atoms with Gasteiger partial charge in [-0.2, -0.15) is 0 Å². The largest absolute Gasteiger partial charge is 0.480 e. The average Bonchev–Trinajstić information content (AvgIpc) is 2.52. The van der Waals surface area contributed by atoms with Crippen molar-refractivity contribution in [2.24, 2.45) is 11.5 Å². The van der Waals surface area contributed by atoms with Crippen LogP contribution in [0.25, 0.3) is 0 Å². The van der Waals surface area contributed by atoms with Crippen molar-refractivity contribution in [2.75, 3.05) is 12.3 Å². The lowest BCUT2D eigenvalue weighted by Gasteiger charge is -2.19. The minimum atomic E-state index is -1.11. The molecule has 0 amide bonds. The molecule has 0 spiro atoms. The number of carboxylic acid groups (broad SMARTS) is 1.